The molecule has 2 atom stereocenters. The molecule has 0 aromatic rings. The number of hydrogen-bond donors (Lipinski definition) is 0. The predicted octanol–water partition coefficient (Wildman–Crippen LogP) is 8.90. The minimum absolute atomic E-state index is 0.0139. The van der Waals surface area contributed by atoms with E-state index in [1.165, 1.54) is 38.5 Å². The second-order valence-corrected chi connectivity index (χ2v) is 10.8. The van der Waals surface area contributed by atoms with Gasteiger partial charge in [0, 0.05) is 6.42 Å². The van der Waals surface area contributed by atoms with Crippen LogP contribution in [0, 0.1) is 23.7 Å². The minimum Gasteiger partial charge on any atom is -0.466 e. The number of esters is 2. The minimum atomic E-state index is -0.0275. The van der Waals surface area contributed by atoms with Crippen molar-refractivity contribution in [2.75, 3.05) is 13.2 Å². The summed E-state index contributed by atoms with van der Waals surface area (Å²) in [5.74, 6) is 1.23. The fourth-order valence-electron chi connectivity index (χ4n) is 4.81. The first-order chi connectivity index (χ1) is 16.3. The maximum atomic E-state index is 12.8. The van der Waals surface area contributed by atoms with E-state index in [4.69, 9.17) is 9.47 Å². The van der Waals surface area contributed by atoms with Crippen LogP contribution in [-0.2, 0) is 19.1 Å². The fourth-order valence-corrected chi connectivity index (χ4v) is 4.81. The van der Waals surface area contributed by atoms with Gasteiger partial charge in [-0.1, -0.05) is 112 Å². The summed E-state index contributed by atoms with van der Waals surface area (Å²) in [5.41, 5.74) is 0. The Balaban J connectivity index is 4.00. The van der Waals surface area contributed by atoms with Gasteiger partial charge in [-0.25, -0.2) is 0 Å². The molecule has 0 saturated carbocycles. The summed E-state index contributed by atoms with van der Waals surface area (Å²) in [7, 11) is 0. The lowest BCUT2D eigenvalue weighted by Gasteiger charge is -2.31. The molecule has 0 radical (unpaired) electrons. The van der Waals surface area contributed by atoms with Crippen molar-refractivity contribution in [1.29, 1.82) is 0 Å². The summed E-state index contributed by atoms with van der Waals surface area (Å²) < 4.78 is 10.9. The highest BCUT2D eigenvalue weighted by atomic mass is 16.5. The molecule has 0 heterocycles. The molecule has 4 heteroatoms. The second-order valence-electron chi connectivity index (χ2n) is 10.8. The van der Waals surface area contributed by atoms with Crippen LogP contribution in [0.4, 0.5) is 0 Å². The van der Waals surface area contributed by atoms with Gasteiger partial charge in [-0.2, -0.15) is 0 Å². The van der Waals surface area contributed by atoms with E-state index in [0.29, 0.717) is 37.4 Å². The lowest BCUT2D eigenvalue weighted by Crippen LogP contribution is -2.33. The Kier molecular flexibility index (Phi) is 21.7. The molecule has 0 aromatic heterocycles. The third-order valence-electron chi connectivity index (χ3n) is 6.98. The normalized spacial score (nSPS) is 13.3. The van der Waals surface area contributed by atoms with E-state index in [9.17, 15) is 9.59 Å². The van der Waals surface area contributed by atoms with Crippen LogP contribution in [0.3, 0.4) is 0 Å². The number of carbonyl (C=O) groups excluding carboxylic acids is 2. The molecule has 0 amide bonds. The van der Waals surface area contributed by atoms with E-state index in [2.05, 4.69) is 41.5 Å². The smallest absolute Gasteiger partial charge is 0.309 e. The lowest BCUT2D eigenvalue weighted by atomic mass is 9.74. The molecule has 34 heavy (non-hydrogen) atoms. The largest absolute Gasteiger partial charge is 0.466 e. The number of carbonyl (C=O) groups is 2. The van der Waals surface area contributed by atoms with Crippen molar-refractivity contribution in [1.82, 2.24) is 0 Å². The van der Waals surface area contributed by atoms with Crippen molar-refractivity contribution in [3.63, 3.8) is 0 Å². The average Bonchev–Trinajstić information content (AvgIpc) is 2.79. The number of ether oxygens (including phenoxy) is 2. The van der Waals surface area contributed by atoms with Crippen LogP contribution in [0.2, 0.25) is 0 Å². The van der Waals surface area contributed by atoms with Crippen molar-refractivity contribution >= 4 is 11.9 Å². The zero-order chi connectivity index (χ0) is 25.6. The highest BCUT2D eigenvalue weighted by molar-refractivity contribution is 5.73. The fraction of sp³-hybridized carbons (Fsp3) is 0.933. The number of unbranched alkanes of at least 4 members (excludes halogenated alkanes) is 11. The van der Waals surface area contributed by atoms with Crippen molar-refractivity contribution in [3.8, 4) is 0 Å². The highest BCUT2D eigenvalue weighted by Gasteiger charge is 2.33. The molecule has 202 valence electrons. The molecule has 0 aliphatic rings. The molecule has 4 nitrogen and oxygen atoms in total. The molecule has 0 rings (SSSR count). The van der Waals surface area contributed by atoms with Gasteiger partial charge in [0.1, 0.15) is 0 Å². The van der Waals surface area contributed by atoms with Crippen LogP contribution in [0.1, 0.15) is 144 Å². The number of rotatable bonds is 23. The van der Waals surface area contributed by atoms with E-state index in [1.807, 2.05) is 0 Å². The van der Waals surface area contributed by atoms with Crippen molar-refractivity contribution in [2.45, 2.75) is 144 Å². The maximum Gasteiger partial charge on any atom is 0.309 e. The Morgan fingerprint density at radius 2 is 1.09 bits per heavy atom. The Morgan fingerprint density at radius 1 is 0.588 bits per heavy atom. The van der Waals surface area contributed by atoms with Crippen LogP contribution in [0.5, 0.6) is 0 Å². The first-order valence-electron chi connectivity index (χ1n) is 14.7. The number of hydrogen-bond acceptors (Lipinski definition) is 4. The van der Waals surface area contributed by atoms with Crippen molar-refractivity contribution < 1.29 is 19.1 Å². The van der Waals surface area contributed by atoms with Gasteiger partial charge in [0.2, 0.25) is 0 Å². The first-order valence-corrected chi connectivity index (χ1v) is 14.7. The van der Waals surface area contributed by atoms with E-state index in [1.54, 1.807) is 0 Å². The zero-order valence-electron chi connectivity index (χ0n) is 23.7. The molecule has 0 aliphatic heterocycles. The zero-order valence-corrected chi connectivity index (χ0v) is 23.7. The molecular formula is C30H58O4. The van der Waals surface area contributed by atoms with Gasteiger partial charge in [-0.3, -0.25) is 9.59 Å². The summed E-state index contributed by atoms with van der Waals surface area (Å²) in [6, 6.07) is 0. The van der Waals surface area contributed by atoms with E-state index in [-0.39, 0.29) is 17.9 Å². The SMILES string of the molecule is CCCCCOC(=O)CCCCCCCCCCC(C(C)C)C(C(=O)OCCCCC)C(C)C. The Bertz CT molecular complexity index is 486. The van der Waals surface area contributed by atoms with Crippen LogP contribution < -0.4 is 0 Å². The van der Waals surface area contributed by atoms with E-state index >= 15 is 0 Å². The summed E-state index contributed by atoms with van der Waals surface area (Å²) in [5, 5.41) is 0. The predicted molar refractivity (Wildman–Crippen MR) is 144 cm³/mol. The molecule has 0 N–H and O–H groups in total. The first kappa shape index (κ1) is 32.9. The van der Waals surface area contributed by atoms with Crippen LogP contribution >= 0.6 is 0 Å². The molecule has 0 aliphatic carbocycles. The van der Waals surface area contributed by atoms with Gasteiger partial charge in [-0.05, 0) is 43.4 Å². The van der Waals surface area contributed by atoms with E-state index in [0.717, 1.165) is 57.8 Å². The summed E-state index contributed by atoms with van der Waals surface area (Å²) >= 11 is 0. The molecule has 0 fully saturated rings. The maximum absolute atomic E-state index is 12.8. The molecule has 0 bridgehead atoms. The van der Waals surface area contributed by atoms with Crippen molar-refractivity contribution in [2.24, 2.45) is 23.7 Å². The Labute approximate surface area is 212 Å². The summed E-state index contributed by atoms with van der Waals surface area (Å²) in [4.78, 5) is 24.5. The molecule has 0 aromatic carbocycles. The third-order valence-corrected chi connectivity index (χ3v) is 6.98. The summed E-state index contributed by atoms with van der Waals surface area (Å²) in [6.07, 6.45) is 17.7. The van der Waals surface area contributed by atoms with Gasteiger partial charge < -0.3 is 9.47 Å². The van der Waals surface area contributed by atoms with Gasteiger partial charge in [-0.15, -0.1) is 0 Å². The van der Waals surface area contributed by atoms with Crippen molar-refractivity contribution in [3.05, 3.63) is 0 Å². The average molecular weight is 483 g/mol. The van der Waals surface area contributed by atoms with Gasteiger partial charge >= 0.3 is 11.9 Å². The standard InChI is InChI=1S/C30H58O4/c1-7-9-19-23-33-28(31)22-18-16-14-12-11-13-15-17-21-27(25(3)4)29(26(5)6)30(32)34-24-20-10-8-2/h25-27,29H,7-24H2,1-6H3. The molecule has 0 saturated heterocycles. The molecular weight excluding hydrogens is 424 g/mol. The van der Waals surface area contributed by atoms with Crippen LogP contribution in [-0.4, -0.2) is 25.2 Å². The quantitative estimate of drug-likeness (QED) is 0.108. The van der Waals surface area contributed by atoms with Crippen LogP contribution in [0.25, 0.3) is 0 Å². The third kappa shape index (κ3) is 17.4. The van der Waals surface area contributed by atoms with Gasteiger partial charge in [0.25, 0.3) is 0 Å². The second kappa shape index (κ2) is 22.4. The monoisotopic (exact) mass is 482 g/mol. The topological polar surface area (TPSA) is 52.6 Å². The van der Waals surface area contributed by atoms with Gasteiger partial charge in [0.05, 0.1) is 19.1 Å². The summed E-state index contributed by atoms with van der Waals surface area (Å²) in [6.45, 7) is 14.3. The highest BCUT2D eigenvalue weighted by Crippen LogP contribution is 2.33. The Hall–Kier alpha value is -1.06. The van der Waals surface area contributed by atoms with Gasteiger partial charge in [0.15, 0.2) is 0 Å². The van der Waals surface area contributed by atoms with E-state index < -0.39 is 0 Å². The molecule has 2 unspecified atom stereocenters. The Morgan fingerprint density at radius 3 is 1.59 bits per heavy atom. The van der Waals surface area contributed by atoms with Crippen LogP contribution in [0.15, 0.2) is 0 Å². The lowest BCUT2D eigenvalue weighted by molar-refractivity contribution is -0.153. The molecule has 0 spiro atoms.